The van der Waals surface area contributed by atoms with Crippen LogP contribution in [0.3, 0.4) is 0 Å². The van der Waals surface area contributed by atoms with Gasteiger partial charge < -0.3 is 14.8 Å². The summed E-state index contributed by atoms with van der Waals surface area (Å²) >= 11 is 0. The van der Waals surface area contributed by atoms with Crippen LogP contribution in [0, 0.1) is 0 Å². The molecule has 0 aromatic heterocycles. The second kappa shape index (κ2) is 6.59. The molecule has 1 aliphatic heterocycles. The number of hydrogen-bond donors (Lipinski definition) is 1. The van der Waals surface area contributed by atoms with Gasteiger partial charge in [-0.3, -0.25) is 0 Å². The Labute approximate surface area is 160 Å². The van der Waals surface area contributed by atoms with Crippen LogP contribution in [-0.4, -0.2) is 18.3 Å². The van der Waals surface area contributed by atoms with Gasteiger partial charge in [0.05, 0.1) is 12.6 Å². The van der Waals surface area contributed by atoms with Crippen LogP contribution in [0.5, 0.6) is 5.75 Å². The number of nitrogens with one attached hydrogen (secondary N) is 1. The zero-order valence-corrected chi connectivity index (χ0v) is 16.2. The molecule has 1 unspecified atom stereocenters. The van der Waals surface area contributed by atoms with Gasteiger partial charge in [0, 0.05) is 17.4 Å². The fourth-order valence-corrected chi connectivity index (χ4v) is 3.91. The molecule has 1 atom stereocenters. The van der Waals surface area contributed by atoms with Crippen LogP contribution >= 0.6 is 0 Å². The number of rotatable bonds is 3. The third kappa shape index (κ3) is 3.66. The van der Waals surface area contributed by atoms with Crippen LogP contribution in [0.1, 0.15) is 62.8 Å². The van der Waals surface area contributed by atoms with E-state index in [0.29, 0.717) is 6.61 Å². The average Bonchev–Trinajstić information content (AvgIpc) is 3.43. The minimum Gasteiger partial charge on any atom is -0.493 e. The average molecular weight is 365 g/mol. The lowest BCUT2D eigenvalue weighted by molar-refractivity contribution is 0.0491. The lowest BCUT2D eigenvalue weighted by Gasteiger charge is -2.29. The monoisotopic (exact) mass is 365 g/mol. The highest BCUT2D eigenvalue weighted by Crippen LogP contribution is 2.54. The minimum absolute atomic E-state index is 0.0791. The summed E-state index contributed by atoms with van der Waals surface area (Å²) < 4.78 is 11.4. The van der Waals surface area contributed by atoms with Gasteiger partial charge >= 0.3 is 6.09 Å². The van der Waals surface area contributed by atoms with Crippen LogP contribution in [0.15, 0.2) is 48.5 Å². The van der Waals surface area contributed by atoms with Crippen molar-refractivity contribution in [2.24, 2.45) is 0 Å². The van der Waals surface area contributed by atoms with Crippen molar-refractivity contribution in [2.45, 2.75) is 57.1 Å². The molecule has 1 saturated carbocycles. The minimum atomic E-state index is -0.504. The molecule has 2 aromatic rings. The molecule has 142 valence electrons. The summed E-state index contributed by atoms with van der Waals surface area (Å²) in [5.41, 5.74) is 3.30. The number of hydrogen-bond acceptors (Lipinski definition) is 3. The zero-order valence-electron chi connectivity index (χ0n) is 16.2. The highest BCUT2D eigenvalue weighted by molar-refractivity contribution is 5.69. The zero-order chi connectivity index (χ0) is 19.1. The van der Waals surface area contributed by atoms with Gasteiger partial charge in [0.1, 0.15) is 11.4 Å². The lowest BCUT2D eigenvalue weighted by atomic mass is 9.86. The number of carbonyl (C=O) groups excluding carboxylic acids is 1. The molecule has 1 fully saturated rings. The second-order valence-electron chi connectivity index (χ2n) is 8.54. The Morgan fingerprint density at radius 2 is 1.85 bits per heavy atom. The summed E-state index contributed by atoms with van der Waals surface area (Å²) in [7, 11) is 0. The van der Waals surface area contributed by atoms with E-state index in [-0.39, 0.29) is 17.6 Å². The number of fused-ring (bicyclic) bond motifs is 1. The quantitative estimate of drug-likeness (QED) is 0.822. The number of benzene rings is 2. The van der Waals surface area contributed by atoms with Gasteiger partial charge in [-0.25, -0.2) is 4.79 Å². The predicted molar refractivity (Wildman–Crippen MR) is 105 cm³/mol. The Morgan fingerprint density at radius 1 is 1.11 bits per heavy atom. The van der Waals surface area contributed by atoms with E-state index in [1.165, 1.54) is 11.1 Å². The molecule has 27 heavy (non-hydrogen) atoms. The number of amides is 1. The first-order valence-electron chi connectivity index (χ1n) is 9.70. The lowest BCUT2D eigenvalue weighted by Crippen LogP contribution is -2.36. The predicted octanol–water partition coefficient (Wildman–Crippen LogP) is 5.11. The summed E-state index contributed by atoms with van der Waals surface area (Å²) in [6.45, 7) is 6.20. The number of carbonyl (C=O) groups is 1. The smallest absolute Gasteiger partial charge is 0.408 e. The van der Waals surface area contributed by atoms with Gasteiger partial charge in [-0.2, -0.15) is 0 Å². The first-order chi connectivity index (χ1) is 12.9. The molecule has 1 heterocycles. The van der Waals surface area contributed by atoms with Crippen molar-refractivity contribution in [3.63, 3.8) is 0 Å². The first kappa shape index (κ1) is 17.9. The van der Waals surface area contributed by atoms with Crippen LogP contribution < -0.4 is 10.1 Å². The molecule has 2 aliphatic rings. The SMILES string of the molecule is CC(C)(C)OC(=O)NC1CCOc2cc(C3(c4ccccc4)CC3)ccc21. The van der Waals surface area contributed by atoms with Gasteiger partial charge in [-0.1, -0.05) is 42.5 Å². The van der Waals surface area contributed by atoms with Crippen molar-refractivity contribution in [2.75, 3.05) is 6.61 Å². The molecule has 0 radical (unpaired) electrons. The summed E-state index contributed by atoms with van der Waals surface area (Å²) in [4.78, 5) is 12.2. The van der Waals surface area contributed by atoms with Crippen molar-refractivity contribution in [1.82, 2.24) is 5.32 Å². The van der Waals surface area contributed by atoms with Gasteiger partial charge in [-0.05, 0) is 50.8 Å². The number of alkyl carbamates (subject to hydrolysis) is 1. The van der Waals surface area contributed by atoms with Crippen molar-refractivity contribution in [1.29, 1.82) is 0 Å². The van der Waals surface area contributed by atoms with E-state index in [2.05, 4.69) is 53.8 Å². The molecule has 1 amide bonds. The Kier molecular flexibility index (Phi) is 4.37. The highest BCUT2D eigenvalue weighted by Gasteiger charge is 2.46. The Morgan fingerprint density at radius 3 is 2.52 bits per heavy atom. The van der Waals surface area contributed by atoms with Crippen LogP contribution in [0.25, 0.3) is 0 Å². The Hall–Kier alpha value is -2.49. The maximum Gasteiger partial charge on any atom is 0.408 e. The molecule has 4 nitrogen and oxygen atoms in total. The molecule has 0 bridgehead atoms. The molecule has 0 saturated heterocycles. The van der Waals surface area contributed by atoms with Crippen LogP contribution in [0.2, 0.25) is 0 Å². The fourth-order valence-electron chi connectivity index (χ4n) is 3.91. The van der Waals surface area contributed by atoms with Crippen LogP contribution in [0.4, 0.5) is 4.79 Å². The fraction of sp³-hybridized carbons (Fsp3) is 0.435. The molecule has 1 N–H and O–H groups in total. The van der Waals surface area contributed by atoms with Crippen molar-refractivity contribution in [3.05, 3.63) is 65.2 Å². The van der Waals surface area contributed by atoms with Gasteiger partial charge in [0.2, 0.25) is 0 Å². The first-order valence-corrected chi connectivity index (χ1v) is 9.70. The Balaban J connectivity index is 1.57. The van der Waals surface area contributed by atoms with E-state index < -0.39 is 5.60 Å². The van der Waals surface area contributed by atoms with Crippen molar-refractivity contribution in [3.8, 4) is 5.75 Å². The third-order valence-corrected chi connectivity index (χ3v) is 5.37. The highest BCUT2D eigenvalue weighted by atomic mass is 16.6. The molecule has 2 aromatic carbocycles. The number of ether oxygens (including phenoxy) is 2. The normalized spacial score (nSPS) is 20.2. The summed E-state index contributed by atoms with van der Waals surface area (Å²) in [5, 5.41) is 3.00. The maximum absolute atomic E-state index is 12.2. The van der Waals surface area contributed by atoms with E-state index in [1.807, 2.05) is 20.8 Å². The summed E-state index contributed by atoms with van der Waals surface area (Å²) in [6, 6.07) is 17.1. The molecule has 1 aliphatic carbocycles. The maximum atomic E-state index is 12.2. The molecule has 4 rings (SSSR count). The molecule has 0 spiro atoms. The van der Waals surface area contributed by atoms with Gasteiger partial charge in [-0.15, -0.1) is 0 Å². The molecular weight excluding hydrogens is 338 g/mol. The third-order valence-electron chi connectivity index (χ3n) is 5.37. The van der Waals surface area contributed by atoms with E-state index in [9.17, 15) is 4.79 Å². The summed E-state index contributed by atoms with van der Waals surface area (Å²) in [6.07, 6.45) is 2.69. The van der Waals surface area contributed by atoms with Crippen LogP contribution in [-0.2, 0) is 10.2 Å². The van der Waals surface area contributed by atoms with E-state index in [1.54, 1.807) is 0 Å². The Bertz CT molecular complexity index is 834. The van der Waals surface area contributed by atoms with E-state index in [4.69, 9.17) is 9.47 Å². The molecule has 4 heteroatoms. The van der Waals surface area contributed by atoms with Crippen molar-refractivity contribution < 1.29 is 14.3 Å². The second-order valence-corrected chi connectivity index (χ2v) is 8.54. The van der Waals surface area contributed by atoms with E-state index >= 15 is 0 Å². The largest absolute Gasteiger partial charge is 0.493 e. The standard InChI is InChI=1S/C23H27NO3/c1-22(2,3)27-21(25)24-19-11-14-26-20-15-17(9-10-18(19)20)23(12-13-23)16-7-5-4-6-8-16/h4-10,15,19H,11-14H2,1-3H3,(H,24,25). The van der Waals surface area contributed by atoms with Crippen molar-refractivity contribution >= 4 is 6.09 Å². The topological polar surface area (TPSA) is 47.6 Å². The van der Waals surface area contributed by atoms with Gasteiger partial charge in [0.15, 0.2) is 0 Å². The van der Waals surface area contributed by atoms with Gasteiger partial charge in [0.25, 0.3) is 0 Å². The van der Waals surface area contributed by atoms with E-state index in [0.717, 1.165) is 30.6 Å². The molecular formula is C23H27NO3. The summed E-state index contributed by atoms with van der Waals surface area (Å²) in [5.74, 6) is 0.877.